The highest BCUT2D eigenvalue weighted by Crippen LogP contribution is 2.27. The van der Waals surface area contributed by atoms with Crippen molar-refractivity contribution in [3.63, 3.8) is 0 Å². The summed E-state index contributed by atoms with van der Waals surface area (Å²) < 4.78 is 6.01. The summed E-state index contributed by atoms with van der Waals surface area (Å²) in [5.41, 5.74) is 6.48. The minimum Gasteiger partial charge on any atom is -0.490 e. The molecule has 2 N–H and O–H groups in total. The van der Waals surface area contributed by atoms with Gasteiger partial charge in [-0.2, -0.15) is 0 Å². The Kier molecular flexibility index (Phi) is 6.31. The molecule has 2 atom stereocenters. The van der Waals surface area contributed by atoms with Gasteiger partial charge in [0.25, 0.3) is 5.91 Å². The average molecular weight is 339 g/mol. The summed E-state index contributed by atoms with van der Waals surface area (Å²) in [7, 11) is 0. The molecule has 1 aliphatic carbocycles. The van der Waals surface area contributed by atoms with Crippen molar-refractivity contribution in [3.8, 4) is 5.75 Å². The van der Waals surface area contributed by atoms with E-state index in [1.165, 1.54) is 12.8 Å². The first kappa shape index (κ1) is 18.1. The van der Waals surface area contributed by atoms with Crippen LogP contribution in [0.2, 0.25) is 0 Å². The molecule has 0 radical (unpaired) electrons. The van der Waals surface area contributed by atoms with Crippen LogP contribution >= 0.6 is 12.4 Å². The van der Waals surface area contributed by atoms with E-state index in [4.69, 9.17) is 10.5 Å². The largest absolute Gasteiger partial charge is 0.490 e. The van der Waals surface area contributed by atoms with E-state index >= 15 is 0 Å². The van der Waals surface area contributed by atoms with E-state index in [-0.39, 0.29) is 24.4 Å². The lowest BCUT2D eigenvalue weighted by molar-refractivity contribution is 0.0742. The molecule has 1 aromatic rings. The topological polar surface area (TPSA) is 55.6 Å². The summed E-state index contributed by atoms with van der Waals surface area (Å²) in [6.45, 7) is 3.52. The lowest BCUT2D eigenvalue weighted by atomic mass is 10.1. The molecule has 0 aromatic heterocycles. The lowest BCUT2D eigenvalue weighted by Crippen LogP contribution is -2.34. The minimum absolute atomic E-state index is 0. The summed E-state index contributed by atoms with van der Waals surface area (Å²) in [5, 5.41) is 0. The van der Waals surface area contributed by atoms with Crippen LogP contribution in [0.15, 0.2) is 24.3 Å². The third-order valence-corrected chi connectivity index (χ3v) is 4.94. The molecule has 2 fully saturated rings. The number of rotatable bonds is 4. The molecule has 1 saturated carbocycles. The van der Waals surface area contributed by atoms with Gasteiger partial charge in [0.2, 0.25) is 0 Å². The molecule has 1 aliphatic heterocycles. The number of carbonyl (C=O) groups is 1. The van der Waals surface area contributed by atoms with Crippen LogP contribution in [-0.2, 0) is 0 Å². The number of carbonyl (C=O) groups excluding carboxylic acids is 1. The summed E-state index contributed by atoms with van der Waals surface area (Å²) in [6, 6.07) is 7.90. The van der Waals surface area contributed by atoms with Gasteiger partial charge < -0.3 is 15.4 Å². The molecule has 23 heavy (non-hydrogen) atoms. The van der Waals surface area contributed by atoms with Gasteiger partial charge >= 0.3 is 0 Å². The molecular formula is C18H27ClN2O2. The van der Waals surface area contributed by atoms with Crippen LogP contribution in [0, 0.1) is 5.92 Å². The summed E-state index contributed by atoms with van der Waals surface area (Å²) >= 11 is 0. The molecule has 1 aromatic carbocycles. The molecular weight excluding hydrogens is 312 g/mol. The van der Waals surface area contributed by atoms with Crippen molar-refractivity contribution in [2.24, 2.45) is 11.7 Å². The number of benzene rings is 1. The van der Waals surface area contributed by atoms with Gasteiger partial charge in [-0.25, -0.2) is 0 Å². The van der Waals surface area contributed by atoms with Crippen LogP contribution in [0.5, 0.6) is 5.75 Å². The number of halogens is 1. The Morgan fingerprint density at radius 2 is 2.09 bits per heavy atom. The van der Waals surface area contributed by atoms with Gasteiger partial charge in [-0.1, -0.05) is 6.07 Å². The fourth-order valence-electron chi connectivity index (χ4n) is 3.66. The Bertz CT molecular complexity index is 532. The Labute approximate surface area is 144 Å². The number of hydrogen-bond donors (Lipinski definition) is 1. The molecule has 4 nitrogen and oxygen atoms in total. The Morgan fingerprint density at radius 3 is 2.74 bits per heavy atom. The van der Waals surface area contributed by atoms with Crippen molar-refractivity contribution < 1.29 is 9.53 Å². The van der Waals surface area contributed by atoms with Gasteiger partial charge in [0, 0.05) is 18.2 Å². The Morgan fingerprint density at radius 1 is 1.35 bits per heavy atom. The van der Waals surface area contributed by atoms with Crippen LogP contribution in [0.4, 0.5) is 0 Å². The van der Waals surface area contributed by atoms with Crippen LogP contribution in [0.1, 0.15) is 49.4 Å². The second kappa shape index (κ2) is 8.02. The van der Waals surface area contributed by atoms with E-state index in [9.17, 15) is 4.79 Å². The third kappa shape index (κ3) is 4.18. The average Bonchev–Trinajstić information content (AvgIpc) is 3.16. The van der Waals surface area contributed by atoms with E-state index in [1.807, 2.05) is 29.2 Å². The minimum atomic E-state index is 0. The number of nitrogens with two attached hydrogens (primary N) is 1. The number of hydrogen-bond acceptors (Lipinski definition) is 3. The van der Waals surface area contributed by atoms with Gasteiger partial charge in [-0.3, -0.25) is 4.79 Å². The fourth-order valence-corrected chi connectivity index (χ4v) is 3.66. The van der Waals surface area contributed by atoms with Crippen molar-refractivity contribution in [2.45, 2.75) is 51.2 Å². The van der Waals surface area contributed by atoms with Gasteiger partial charge in [0.05, 0.1) is 6.10 Å². The standard InChI is InChI=1S/C18H26N2O2.ClH/c1-13-9-14(11-19)12-20(13)18(21)15-5-4-8-17(10-15)22-16-6-2-3-7-16;/h4-5,8,10,13-14,16H,2-3,6-7,9,11-12,19H2,1H3;1H. The quantitative estimate of drug-likeness (QED) is 0.917. The second-order valence-electron chi connectivity index (χ2n) is 6.70. The molecule has 0 spiro atoms. The van der Waals surface area contributed by atoms with Gasteiger partial charge in [0.15, 0.2) is 0 Å². The highest BCUT2D eigenvalue weighted by molar-refractivity contribution is 5.95. The second-order valence-corrected chi connectivity index (χ2v) is 6.70. The maximum Gasteiger partial charge on any atom is 0.254 e. The van der Waals surface area contributed by atoms with Crippen molar-refractivity contribution in [3.05, 3.63) is 29.8 Å². The van der Waals surface area contributed by atoms with Gasteiger partial charge in [0.1, 0.15) is 5.75 Å². The van der Waals surface area contributed by atoms with E-state index in [0.717, 1.165) is 37.1 Å². The predicted octanol–water partition coefficient (Wildman–Crippen LogP) is 3.24. The SMILES string of the molecule is CC1CC(CN)CN1C(=O)c1cccc(OC2CCCC2)c1.Cl. The van der Waals surface area contributed by atoms with Crippen molar-refractivity contribution in [1.29, 1.82) is 0 Å². The Hall–Kier alpha value is -1.26. The van der Waals surface area contributed by atoms with Crippen molar-refractivity contribution in [2.75, 3.05) is 13.1 Å². The van der Waals surface area contributed by atoms with Crippen LogP contribution in [-0.4, -0.2) is 36.0 Å². The molecule has 0 bridgehead atoms. The number of likely N-dealkylation sites (tertiary alicyclic amines) is 1. The van der Waals surface area contributed by atoms with Gasteiger partial charge in [-0.05, 0) is 69.7 Å². The zero-order valence-electron chi connectivity index (χ0n) is 13.7. The zero-order valence-corrected chi connectivity index (χ0v) is 14.6. The van der Waals surface area contributed by atoms with E-state index < -0.39 is 0 Å². The lowest BCUT2D eigenvalue weighted by Gasteiger charge is -2.22. The maximum atomic E-state index is 12.7. The van der Waals surface area contributed by atoms with E-state index in [0.29, 0.717) is 18.6 Å². The Balaban J connectivity index is 0.00000192. The molecule has 1 amide bonds. The van der Waals surface area contributed by atoms with Crippen LogP contribution in [0.3, 0.4) is 0 Å². The summed E-state index contributed by atoms with van der Waals surface area (Å²) in [5.74, 6) is 1.34. The van der Waals surface area contributed by atoms with E-state index in [2.05, 4.69) is 6.92 Å². The number of nitrogens with zero attached hydrogens (tertiary/aromatic N) is 1. The number of amides is 1. The first-order chi connectivity index (χ1) is 10.7. The number of ether oxygens (including phenoxy) is 1. The predicted molar refractivity (Wildman–Crippen MR) is 94.2 cm³/mol. The molecule has 128 valence electrons. The summed E-state index contributed by atoms with van der Waals surface area (Å²) in [6.07, 6.45) is 6.06. The smallest absolute Gasteiger partial charge is 0.254 e. The first-order valence-electron chi connectivity index (χ1n) is 8.45. The van der Waals surface area contributed by atoms with E-state index in [1.54, 1.807) is 0 Å². The highest BCUT2D eigenvalue weighted by atomic mass is 35.5. The van der Waals surface area contributed by atoms with Gasteiger partial charge in [-0.15, -0.1) is 12.4 Å². The van der Waals surface area contributed by atoms with Crippen LogP contribution in [0.25, 0.3) is 0 Å². The molecule has 1 saturated heterocycles. The summed E-state index contributed by atoms with van der Waals surface area (Å²) in [4.78, 5) is 14.7. The highest BCUT2D eigenvalue weighted by Gasteiger charge is 2.32. The first-order valence-corrected chi connectivity index (χ1v) is 8.45. The molecule has 5 heteroatoms. The van der Waals surface area contributed by atoms with Crippen molar-refractivity contribution >= 4 is 18.3 Å². The molecule has 2 unspecified atom stereocenters. The monoisotopic (exact) mass is 338 g/mol. The normalized spacial score (nSPS) is 24.5. The third-order valence-electron chi connectivity index (χ3n) is 4.94. The van der Waals surface area contributed by atoms with Crippen LogP contribution < -0.4 is 10.5 Å². The maximum absolute atomic E-state index is 12.7. The van der Waals surface area contributed by atoms with Crippen molar-refractivity contribution in [1.82, 2.24) is 4.90 Å². The zero-order chi connectivity index (χ0) is 15.5. The molecule has 2 aliphatic rings. The molecule has 3 rings (SSSR count). The molecule has 1 heterocycles. The fraction of sp³-hybridized carbons (Fsp3) is 0.611.